The Morgan fingerprint density at radius 3 is 1.91 bits per heavy atom. The van der Waals surface area contributed by atoms with Crippen LogP contribution in [0.4, 0.5) is 10.5 Å². The largest absolute Gasteiger partial charge is 0.481 e. The number of hydrogen-bond acceptors (Lipinski definition) is 10. The van der Waals surface area contributed by atoms with E-state index in [9.17, 15) is 33.9 Å². The minimum atomic E-state index is -1.31. The van der Waals surface area contributed by atoms with Gasteiger partial charge in [-0.15, -0.1) is 0 Å². The van der Waals surface area contributed by atoms with Gasteiger partial charge in [-0.25, -0.2) is 9.59 Å². The molecule has 0 spiro atoms. The first kappa shape index (κ1) is 38.7. The van der Waals surface area contributed by atoms with Crippen molar-refractivity contribution in [3.8, 4) is 0 Å². The number of fused-ring (bicyclic) bond motifs is 1. The summed E-state index contributed by atoms with van der Waals surface area (Å²) < 4.78 is 10.5. The summed E-state index contributed by atoms with van der Waals surface area (Å²) in [6, 6.07) is 2.78. The summed E-state index contributed by atoms with van der Waals surface area (Å²) >= 11 is 0. The Morgan fingerprint density at radius 2 is 1.38 bits per heavy atom. The molecule has 1 heterocycles. The average molecular weight is 661 g/mol. The number of rotatable bonds is 18. The molecular weight excluding hydrogens is 612 g/mol. The van der Waals surface area contributed by atoms with Crippen molar-refractivity contribution in [3.05, 3.63) is 40.2 Å². The number of carboxylic acids is 1. The van der Waals surface area contributed by atoms with Crippen LogP contribution in [-0.2, 0) is 23.9 Å². The highest BCUT2D eigenvalue weighted by Crippen LogP contribution is 2.21. The van der Waals surface area contributed by atoms with Gasteiger partial charge in [-0.05, 0) is 103 Å². The molecule has 2 aromatic rings. The Morgan fingerprint density at radius 1 is 0.830 bits per heavy atom. The molecule has 1 aromatic heterocycles. The molecule has 0 aliphatic carbocycles. The molecule has 47 heavy (non-hydrogen) atoms. The topological polar surface area (TPSA) is 245 Å². The third-order valence-corrected chi connectivity index (χ3v) is 7.03. The number of amides is 4. The fourth-order valence-corrected chi connectivity index (χ4v) is 4.69. The molecule has 3 unspecified atom stereocenters. The van der Waals surface area contributed by atoms with Crippen LogP contribution in [0.2, 0.25) is 0 Å². The molecule has 15 heteroatoms. The van der Waals surface area contributed by atoms with Crippen molar-refractivity contribution in [2.45, 2.75) is 103 Å². The molecule has 0 aliphatic rings. The number of unbranched alkanes of at least 4 members (excludes halogenated alkanes) is 2. The van der Waals surface area contributed by atoms with E-state index in [1.54, 1.807) is 39.8 Å². The summed E-state index contributed by atoms with van der Waals surface area (Å²) in [6.07, 6.45) is 0.906. The normalized spacial score (nSPS) is 13.2. The van der Waals surface area contributed by atoms with E-state index in [4.69, 9.17) is 20.6 Å². The van der Waals surface area contributed by atoms with E-state index in [0.29, 0.717) is 49.8 Å². The molecule has 9 N–H and O–H groups in total. The first-order chi connectivity index (χ1) is 22.1. The molecule has 0 saturated carbocycles. The predicted octanol–water partition coefficient (Wildman–Crippen LogP) is 2.03. The van der Waals surface area contributed by atoms with E-state index in [2.05, 4.69) is 21.3 Å². The number of anilines is 1. The van der Waals surface area contributed by atoms with Crippen molar-refractivity contribution in [2.75, 3.05) is 18.4 Å². The predicted molar refractivity (Wildman–Crippen MR) is 176 cm³/mol. The van der Waals surface area contributed by atoms with Gasteiger partial charge in [0, 0.05) is 29.6 Å². The van der Waals surface area contributed by atoms with Gasteiger partial charge in [-0.1, -0.05) is 0 Å². The molecule has 0 saturated heterocycles. The maximum Gasteiger partial charge on any atom is 0.408 e. The van der Waals surface area contributed by atoms with Gasteiger partial charge in [0.2, 0.25) is 17.7 Å². The van der Waals surface area contributed by atoms with Crippen LogP contribution in [0, 0.1) is 6.92 Å². The number of ether oxygens (including phenoxy) is 1. The van der Waals surface area contributed by atoms with E-state index in [1.165, 1.54) is 12.1 Å². The smallest absolute Gasteiger partial charge is 0.408 e. The first-order valence-corrected chi connectivity index (χ1v) is 15.7. The van der Waals surface area contributed by atoms with Crippen molar-refractivity contribution in [2.24, 2.45) is 11.5 Å². The third-order valence-electron chi connectivity index (χ3n) is 7.03. The minimum Gasteiger partial charge on any atom is -0.481 e. The second-order valence-electron chi connectivity index (χ2n) is 12.3. The summed E-state index contributed by atoms with van der Waals surface area (Å²) in [5.74, 6) is -3.16. The van der Waals surface area contributed by atoms with Gasteiger partial charge in [-0.2, -0.15) is 0 Å². The molecule has 0 radical (unpaired) electrons. The fraction of sp³-hybridized carbons (Fsp3) is 0.562. The lowest BCUT2D eigenvalue weighted by molar-refractivity contribution is -0.137. The van der Waals surface area contributed by atoms with Crippen molar-refractivity contribution in [3.63, 3.8) is 0 Å². The van der Waals surface area contributed by atoms with Crippen molar-refractivity contribution in [1.29, 1.82) is 0 Å². The second-order valence-corrected chi connectivity index (χ2v) is 12.3. The van der Waals surface area contributed by atoms with E-state index in [-0.39, 0.29) is 24.8 Å². The minimum absolute atomic E-state index is 0.160. The van der Waals surface area contributed by atoms with Crippen LogP contribution in [-0.4, -0.2) is 71.7 Å². The van der Waals surface area contributed by atoms with Gasteiger partial charge < -0.3 is 47.0 Å². The maximum absolute atomic E-state index is 13.6. The number of nitrogens with one attached hydrogen (secondary N) is 4. The van der Waals surface area contributed by atoms with E-state index < -0.39 is 65.6 Å². The molecular formula is C32H48N6O9. The summed E-state index contributed by atoms with van der Waals surface area (Å²) in [5, 5.41) is 20.4. The molecule has 260 valence electrons. The number of hydrogen-bond donors (Lipinski definition) is 7. The van der Waals surface area contributed by atoms with Crippen LogP contribution in [0.25, 0.3) is 11.0 Å². The van der Waals surface area contributed by atoms with Gasteiger partial charge in [0.05, 0.1) is 0 Å². The standard InChI is InChI=1S/C32H48N6O9/c1-19-17-27(41)46-25-18-20(11-12-21(19)25)35-28(42)22(9-5-7-15-33)36-29(43)23(10-6-8-16-34)37-30(44)24(13-14-26(39)40)38-31(45)47-32(2,3)4/h11-12,17-18,22-24H,5-10,13-16,33-34H2,1-4H3,(H,35,42)(H,36,43)(H,37,44)(H,38,45)(H,39,40). The Labute approximate surface area is 273 Å². The van der Waals surface area contributed by atoms with E-state index in [1.807, 2.05) is 0 Å². The maximum atomic E-state index is 13.6. The molecule has 3 atom stereocenters. The fourth-order valence-electron chi connectivity index (χ4n) is 4.69. The Bertz CT molecular complexity index is 1450. The highest BCUT2D eigenvalue weighted by molar-refractivity contribution is 6.00. The van der Waals surface area contributed by atoms with Crippen molar-refractivity contribution < 1.29 is 38.2 Å². The Balaban J connectivity index is 2.27. The summed E-state index contributed by atoms with van der Waals surface area (Å²) in [7, 11) is 0. The zero-order chi connectivity index (χ0) is 35.1. The van der Waals surface area contributed by atoms with Crippen molar-refractivity contribution in [1.82, 2.24) is 16.0 Å². The van der Waals surface area contributed by atoms with Crippen LogP contribution >= 0.6 is 0 Å². The van der Waals surface area contributed by atoms with Crippen molar-refractivity contribution >= 4 is 46.4 Å². The van der Waals surface area contributed by atoms with E-state index in [0.717, 1.165) is 5.56 Å². The van der Waals surface area contributed by atoms with Gasteiger partial charge >= 0.3 is 17.7 Å². The molecule has 2 rings (SSSR count). The highest BCUT2D eigenvalue weighted by Gasteiger charge is 2.31. The molecule has 0 fully saturated rings. The number of alkyl carbamates (subject to hydrolysis) is 1. The number of carbonyl (C=O) groups excluding carboxylic acids is 4. The van der Waals surface area contributed by atoms with Gasteiger partial charge in [0.1, 0.15) is 29.3 Å². The summed E-state index contributed by atoms with van der Waals surface area (Å²) in [5.41, 5.74) is 11.2. The lowest BCUT2D eigenvalue weighted by Crippen LogP contribution is -2.56. The summed E-state index contributed by atoms with van der Waals surface area (Å²) in [4.78, 5) is 75.9. The lowest BCUT2D eigenvalue weighted by atomic mass is 10.0. The zero-order valence-corrected chi connectivity index (χ0v) is 27.5. The molecule has 15 nitrogen and oxygen atoms in total. The Kier molecular flexibility index (Phi) is 15.3. The second kappa shape index (κ2) is 18.6. The molecule has 4 amide bonds. The van der Waals surface area contributed by atoms with Crippen LogP contribution in [0.15, 0.2) is 33.5 Å². The SMILES string of the molecule is Cc1cc(=O)oc2cc(NC(=O)C(CCCCN)NC(=O)C(CCCCN)NC(=O)C(CCC(=O)O)NC(=O)OC(C)(C)C)ccc12. The van der Waals surface area contributed by atoms with Gasteiger partial charge in [0.25, 0.3) is 0 Å². The lowest BCUT2D eigenvalue weighted by Gasteiger charge is -2.26. The van der Waals surface area contributed by atoms with Crippen LogP contribution in [0.5, 0.6) is 0 Å². The van der Waals surface area contributed by atoms with E-state index >= 15 is 0 Å². The molecule has 0 bridgehead atoms. The van der Waals surface area contributed by atoms with Crippen LogP contribution < -0.4 is 38.4 Å². The summed E-state index contributed by atoms with van der Waals surface area (Å²) in [6.45, 7) is 7.40. The first-order valence-electron chi connectivity index (χ1n) is 15.7. The molecule has 1 aromatic carbocycles. The highest BCUT2D eigenvalue weighted by atomic mass is 16.6. The molecule has 0 aliphatic heterocycles. The number of benzene rings is 1. The number of aliphatic carboxylic acids is 1. The monoisotopic (exact) mass is 660 g/mol. The number of carbonyl (C=O) groups is 5. The number of aryl methyl sites for hydroxylation is 1. The number of carboxylic acid groups (broad SMARTS) is 1. The van der Waals surface area contributed by atoms with Crippen LogP contribution in [0.1, 0.15) is 77.7 Å². The van der Waals surface area contributed by atoms with Gasteiger partial charge in [-0.3, -0.25) is 19.2 Å². The zero-order valence-electron chi connectivity index (χ0n) is 27.5. The van der Waals surface area contributed by atoms with Crippen LogP contribution in [0.3, 0.4) is 0 Å². The number of nitrogens with two attached hydrogens (primary N) is 2. The Hall–Kier alpha value is -4.50. The van der Waals surface area contributed by atoms with Gasteiger partial charge in [0.15, 0.2) is 0 Å². The average Bonchev–Trinajstić information content (AvgIpc) is 2.96. The third kappa shape index (κ3) is 13.8. The quantitative estimate of drug-likeness (QED) is 0.0900.